The monoisotopic (exact) mass is 403 g/mol. The van der Waals surface area contributed by atoms with Crippen LogP contribution in [0.25, 0.3) is 11.4 Å². The third-order valence-electron chi connectivity index (χ3n) is 4.13. The normalized spacial score (nSPS) is 11.3. The van der Waals surface area contributed by atoms with Gasteiger partial charge >= 0.3 is 6.18 Å². The molecule has 0 unspecified atom stereocenters. The second-order valence-electron chi connectivity index (χ2n) is 6.57. The van der Waals surface area contributed by atoms with E-state index < -0.39 is 17.6 Å². The molecule has 2 aromatic heterocycles. The number of halogens is 3. The van der Waals surface area contributed by atoms with Crippen LogP contribution in [0, 0.1) is 6.92 Å². The number of ether oxygens (including phenoxy) is 1. The molecule has 3 aromatic rings. The van der Waals surface area contributed by atoms with Gasteiger partial charge in [0.15, 0.2) is 17.2 Å². The quantitative estimate of drug-likeness (QED) is 0.667. The summed E-state index contributed by atoms with van der Waals surface area (Å²) in [5.74, 6) is -0.222. The van der Waals surface area contributed by atoms with Crippen molar-refractivity contribution in [3.8, 4) is 17.3 Å². The van der Waals surface area contributed by atoms with Gasteiger partial charge in [0, 0.05) is 31.5 Å². The van der Waals surface area contributed by atoms with E-state index in [-0.39, 0.29) is 11.6 Å². The van der Waals surface area contributed by atoms with Crippen molar-refractivity contribution in [3.05, 3.63) is 53.7 Å². The van der Waals surface area contributed by atoms with E-state index in [0.717, 1.165) is 12.7 Å². The number of anilines is 3. The van der Waals surface area contributed by atoms with E-state index in [2.05, 4.69) is 20.3 Å². The number of methoxy groups -OCH3 is 1. The molecular formula is C20H20F3N5O. The molecule has 2 heterocycles. The van der Waals surface area contributed by atoms with Crippen molar-refractivity contribution in [2.75, 3.05) is 31.4 Å². The molecule has 0 aliphatic carbocycles. The fraction of sp³-hybridized carbons (Fsp3) is 0.250. The smallest absolute Gasteiger partial charge is 0.425 e. The molecule has 3 rings (SSSR count). The summed E-state index contributed by atoms with van der Waals surface area (Å²) in [6.07, 6.45) is -3.16. The minimum Gasteiger partial charge on any atom is -0.480 e. The molecule has 6 nitrogen and oxygen atoms in total. The summed E-state index contributed by atoms with van der Waals surface area (Å²) in [6, 6.07) is 10.3. The Kier molecular flexibility index (Phi) is 5.58. The second kappa shape index (κ2) is 7.94. The Balaban J connectivity index is 2.17. The summed E-state index contributed by atoms with van der Waals surface area (Å²) in [5.41, 5.74) is 0.908. The number of alkyl halides is 3. The first kappa shape index (κ1) is 20.4. The van der Waals surface area contributed by atoms with Gasteiger partial charge in [-0.25, -0.2) is 9.97 Å². The lowest BCUT2D eigenvalue weighted by Gasteiger charge is -2.18. The third-order valence-corrected chi connectivity index (χ3v) is 4.13. The second-order valence-corrected chi connectivity index (χ2v) is 6.57. The van der Waals surface area contributed by atoms with Gasteiger partial charge in [-0.2, -0.15) is 18.2 Å². The zero-order valence-electron chi connectivity index (χ0n) is 16.4. The molecule has 0 saturated carbocycles. The number of hydrogen-bond acceptors (Lipinski definition) is 6. The average molecular weight is 403 g/mol. The van der Waals surface area contributed by atoms with Crippen LogP contribution in [0.5, 0.6) is 5.88 Å². The van der Waals surface area contributed by atoms with E-state index in [4.69, 9.17) is 4.74 Å². The van der Waals surface area contributed by atoms with Crippen LogP contribution in [-0.4, -0.2) is 36.2 Å². The average Bonchev–Trinajstić information content (AvgIpc) is 2.68. The maximum Gasteiger partial charge on any atom is 0.425 e. The maximum absolute atomic E-state index is 13.8. The first-order chi connectivity index (χ1) is 13.7. The Labute approximate surface area is 166 Å². The van der Waals surface area contributed by atoms with Gasteiger partial charge in [0.05, 0.1) is 7.11 Å². The molecule has 0 radical (unpaired) electrons. The maximum atomic E-state index is 13.8. The van der Waals surface area contributed by atoms with E-state index in [1.807, 2.05) is 21.0 Å². The zero-order chi connectivity index (χ0) is 21.2. The van der Waals surface area contributed by atoms with Crippen molar-refractivity contribution in [1.29, 1.82) is 0 Å². The van der Waals surface area contributed by atoms with Crippen LogP contribution < -0.4 is 15.0 Å². The number of hydrogen-bond donors (Lipinski definition) is 1. The predicted octanol–water partition coefficient (Wildman–Crippen LogP) is 4.68. The number of benzene rings is 1. The standard InChI is InChI=1S/C20H20F3N5O/c1-12-5-7-14(8-6-12)25-18-16(20(21,22)23)19(29-4)27-17(26-18)13-9-10-24-15(11-13)28(2)3/h5-11H,1-4H3,(H,25,26,27). The van der Waals surface area contributed by atoms with Crippen molar-refractivity contribution < 1.29 is 17.9 Å². The number of aryl methyl sites for hydroxylation is 1. The van der Waals surface area contributed by atoms with Crippen LogP contribution in [0.15, 0.2) is 42.6 Å². The molecule has 0 aliphatic heterocycles. The van der Waals surface area contributed by atoms with Gasteiger partial charge in [-0.05, 0) is 31.2 Å². The van der Waals surface area contributed by atoms with Crippen molar-refractivity contribution in [2.24, 2.45) is 0 Å². The first-order valence-corrected chi connectivity index (χ1v) is 8.69. The topological polar surface area (TPSA) is 63.2 Å². The molecule has 0 saturated heterocycles. The Morgan fingerprint density at radius 1 is 1.03 bits per heavy atom. The summed E-state index contributed by atoms with van der Waals surface area (Å²) >= 11 is 0. The fourth-order valence-electron chi connectivity index (χ4n) is 2.64. The third kappa shape index (κ3) is 4.56. The Bertz CT molecular complexity index is 1000. The predicted molar refractivity (Wildman–Crippen MR) is 106 cm³/mol. The highest BCUT2D eigenvalue weighted by Gasteiger charge is 2.40. The van der Waals surface area contributed by atoms with E-state index in [0.29, 0.717) is 17.1 Å². The van der Waals surface area contributed by atoms with Gasteiger partial charge in [-0.3, -0.25) is 0 Å². The van der Waals surface area contributed by atoms with Gasteiger partial charge < -0.3 is 15.0 Å². The van der Waals surface area contributed by atoms with Gasteiger partial charge in [-0.15, -0.1) is 0 Å². The molecule has 1 aromatic carbocycles. The molecule has 0 spiro atoms. The number of aromatic nitrogens is 3. The van der Waals surface area contributed by atoms with Gasteiger partial charge in [0.2, 0.25) is 5.88 Å². The molecule has 0 atom stereocenters. The summed E-state index contributed by atoms with van der Waals surface area (Å²) in [6.45, 7) is 1.89. The summed E-state index contributed by atoms with van der Waals surface area (Å²) in [4.78, 5) is 14.2. The molecule has 0 bridgehead atoms. The molecule has 1 N–H and O–H groups in total. The van der Waals surface area contributed by atoms with Gasteiger partial charge in [-0.1, -0.05) is 17.7 Å². The van der Waals surface area contributed by atoms with Crippen molar-refractivity contribution in [3.63, 3.8) is 0 Å². The number of nitrogens with one attached hydrogen (secondary N) is 1. The van der Waals surface area contributed by atoms with Crippen LogP contribution in [0.1, 0.15) is 11.1 Å². The SMILES string of the molecule is COc1nc(-c2ccnc(N(C)C)c2)nc(Nc2ccc(C)cc2)c1C(F)(F)F. The zero-order valence-corrected chi connectivity index (χ0v) is 16.4. The van der Waals surface area contributed by atoms with E-state index in [9.17, 15) is 13.2 Å². The summed E-state index contributed by atoms with van der Waals surface area (Å²) in [5, 5.41) is 2.75. The number of rotatable bonds is 5. The van der Waals surface area contributed by atoms with Crippen LogP contribution >= 0.6 is 0 Å². The van der Waals surface area contributed by atoms with Gasteiger partial charge in [0.1, 0.15) is 5.82 Å². The Morgan fingerprint density at radius 2 is 1.72 bits per heavy atom. The van der Waals surface area contributed by atoms with E-state index in [1.165, 1.54) is 0 Å². The number of pyridine rings is 1. The van der Waals surface area contributed by atoms with E-state index in [1.54, 1.807) is 47.5 Å². The van der Waals surface area contributed by atoms with E-state index >= 15 is 0 Å². The Hall–Kier alpha value is -3.36. The lowest BCUT2D eigenvalue weighted by atomic mass is 10.2. The molecule has 152 valence electrons. The lowest BCUT2D eigenvalue weighted by Crippen LogP contribution is -2.15. The van der Waals surface area contributed by atoms with Crippen molar-refractivity contribution in [1.82, 2.24) is 15.0 Å². The molecule has 0 amide bonds. The highest BCUT2D eigenvalue weighted by Crippen LogP contribution is 2.41. The minimum atomic E-state index is -4.70. The summed E-state index contributed by atoms with van der Waals surface area (Å²) in [7, 11) is 4.77. The molecule has 0 aliphatic rings. The fourth-order valence-corrected chi connectivity index (χ4v) is 2.64. The number of nitrogens with zero attached hydrogens (tertiary/aromatic N) is 4. The lowest BCUT2D eigenvalue weighted by molar-refractivity contribution is -0.138. The molecular weight excluding hydrogens is 383 g/mol. The van der Waals surface area contributed by atoms with Crippen LogP contribution in [0.3, 0.4) is 0 Å². The van der Waals surface area contributed by atoms with Crippen molar-refractivity contribution >= 4 is 17.3 Å². The van der Waals surface area contributed by atoms with Crippen LogP contribution in [-0.2, 0) is 6.18 Å². The minimum absolute atomic E-state index is 0.0926. The van der Waals surface area contributed by atoms with Crippen molar-refractivity contribution in [2.45, 2.75) is 13.1 Å². The molecule has 0 fully saturated rings. The molecule has 29 heavy (non-hydrogen) atoms. The first-order valence-electron chi connectivity index (χ1n) is 8.69. The molecule has 9 heteroatoms. The van der Waals surface area contributed by atoms with Crippen LogP contribution in [0.4, 0.5) is 30.5 Å². The summed E-state index contributed by atoms with van der Waals surface area (Å²) < 4.78 is 46.2. The van der Waals surface area contributed by atoms with Gasteiger partial charge in [0.25, 0.3) is 0 Å². The van der Waals surface area contributed by atoms with Crippen LogP contribution in [0.2, 0.25) is 0 Å². The largest absolute Gasteiger partial charge is 0.480 e. The highest BCUT2D eigenvalue weighted by molar-refractivity contribution is 5.68. The Morgan fingerprint density at radius 3 is 2.31 bits per heavy atom. The highest BCUT2D eigenvalue weighted by atomic mass is 19.4.